The van der Waals surface area contributed by atoms with E-state index in [1.54, 1.807) is 0 Å². The molecule has 9 heteroatoms. The van der Waals surface area contributed by atoms with Crippen LogP contribution in [0.2, 0.25) is 0 Å². The summed E-state index contributed by atoms with van der Waals surface area (Å²) in [6.07, 6.45) is 0.413. The minimum absolute atomic E-state index is 0.0311. The number of imidazole rings is 1. The second-order valence-electron chi connectivity index (χ2n) is 6.36. The summed E-state index contributed by atoms with van der Waals surface area (Å²) in [5.74, 6) is -3.14. The Bertz CT molecular complexity index is 939. The first-order valence-electron chi connectivity index (χ1n) is 7.82. The molecule has 0 atom stereocenters. The van der Waals surface area contributed by atoms with Crippen molar-refractivity contribution in [3.05, 3.63) is 46.8 Å². The number of rotatable bonds is 3. The molecular formula is C16H18F3N3O2S. The zero-order chi connectivity index (χ0) is 18.5. The highest BCUT2D eigenvalue weighted by Gasteiger charge is 2.34. The van der Waals surface area contributed by atoms with Crippen molar-refractivity contribution in [3.63, 3.8) is 0 Å². The highest BCUT2D eigenvalue weighted by atomic mass is 32.2. The van der Waals surface area contributed by atoms with Gasteiger partial charge in [-0.1, -0.05) is 13.8 Å². The van der Waals surface area contributed by atoms with Gasteiger partial charge in [-0.25, -0.2) is 26.6 Å². The molecule has 0 aliphatic carbocycles. The van der Waals surface area contributed by atoms with E-state index in [2.05, 4.69) is 4.98 Å². The Morgan fingerprint density at radius 1 is 1.12 bits per heavy atom. The normalized spacial score (nSPS) is 15.6. The molecule has 5 nitrogen and oxygen atoms in total. The van der Waals surface area contributed by atoms with Crippen LogP contribution in [0.4, 0.5) is 13.2 Å². The standard InChI is InChI=1S/C16H18F3N3O2S/c1-9(2)16-20-13-8-22(5-4-14(13)21(16)3)25(23,24)15-7-11(18)10(17)6-12(15)19/h6-7,9H,4-5,8H2,1-3H3. The molecule has 0 fully saturated rings. The molecule has 0 saturated carbocycles. The average molecular weight is 373 g/mol. The second-order valence-corrected chi connectivity index (χ2v) is 8.27. The smallest absolute Gasteiger partial charge is 0.246 e. The number of halogens is 3. The van der Waals surface area contributed by atoms with Crippen molar-refractivity contribution in [3.8, 4) is 0 Å². The Balaban J connectivity index is 1.99. The van der Waals surface area contributed by atoms with Crippen LogP contribution in [0.3, 0.4) is 0 Å². The summed E-state index contributed by atoms with van der Waals surface area (Å²) in [5, 5.41) is 0. The van der Waals surface area contributed by atoms with E-state index in [9.17, 15) is 21.6 Å². The molecule has 136 valence electrons. The lowest BCUT2D eigenvalue weighted by Crippen LogP contribution is -2.37. The second kappa shape index (κ2) is 6.14. The molecule has 0 unspecified atom stereocenters. The Morgan fingerprint density at radius 3 is 2.40 bits per heavy atom. The highest BCUT2D eigenvalue weighted by Crippen LogP contribution is 2.28. The fourth-order valence-corrected chi connectivity index (χ4v) is 4.55. The van der Waals surface area contributed by atoms with E-state index in [1.165, 1.54) is 0 Å². The topological polar surface area (TPSA) is 55.2 Å². The summed E-state index contributed by atoms with van der Waals surface area (Å²) in [6, 6.07) is 0.628. The molecule has 2 aromatic rings. The summed E-state index contributed by atoms with van der Waals surface area (Å²) < 4.78 is 68.7. The van der Waals surface area contributed by atoms with Gasteiger partial charge in [0.1, 0.15) is 16.5 Å². The molecule has 0 radical (unpaired) electrons. The number of benzene rings is 1. The van der Waals surface area contributed by atoms with E-state index >= 15 is 0 Å². The van der Waals surface area contributed by atoms with Gasteiger partial charge in [-0.15, -0.1) is 0 Å². The SMILES string of the molecule is CC(C)c1nc2c(n1C)CCN(S(=O)(=O)c1cc(F)c(F)cc1F)C2. The van der Waals surface area contributed by atoms with Crippen molar-refractivity contribution in [2.75, 3.05) is 6.54 Å². The van der Waals surface area contributed by atoms with Gasteiger partial charge in [0.05, 0.1) is 12.2 Å². The van der Waals surface area contributed by atoms with Crippen molar-refractivity contribution >= 4 is 10.0 Å². The summed E-state index contributed by atoms with van der Waals surface area (Å²) in [5.41, 5.74) is 1.53. The summed E-state index contributed by atoms with van der Waals surface area (Å²) in [4.78, 5) is 3.62. The molecular weight excluding hydrogens is 355 g/mol. The number of hydrogen-bond acceptors (Lipinski definition) is 3. The average Bonchev–Trinajstić information content (AvgIpc) is 2.87. The van der Waals surface area contributed by atoms with Crippen LogP contribution in [0.25, 0.3) is 0 Å². The first-order valence-corrected chi connectivity index (χ1v) is 9.26. The number of aromatic nitrogens is 2. The fraction of sp³-hybridized carbons (Fsp3) is 0.438. The van der Waals surface area contributed by atoms with Gasteiger partial charge in [0.2, 0.25) is 10.0 Å². The fourth-order valence-electron chi connectivity index (χ4n) is 3.09. The zero-order valence-corrected chi connectivity index (χ0v) is 14.9. The molecule has 1 aromatic carbocycles. The van der Waals surface area contributed by atoms with Gasteiger partial charge in [0.25, 0.3) is 0 Å². The van der Waals surface area contributed by atoms with Crippen LogP contribution >= 0.6 is 0 Å². The van der Waals surface area contributed by atoms with Crippen LogP contribution in [0.5, 0.6) is 0 Å². The molecule has 1 aromatic heterocycles. The molecule has 0 amide bonds. The first kappa shape index (κ1) is 17.9. The minimum Gasteiger partial charge on any atom is -0.335 e. The summed E-state index contributed by atoms with van der Waals surface area (Å²) >= 11 is 0. The van der Waals surface area contributed by atoms with E-state index in [0.29, 0.717) is 18.2 Å². The maximum Gasteiger partial charge on any atom is 0.246 e. The molecule has 0 saturated heterocycles. The van der Waals surface area contributed by atoms with Crippen LogP contribution in [-0.2, 0) is 30.0 Å². The minimum atomic E-state index is -4.30. The van der Waals surface area contributed by atoms with Crippen LogP contribution in [0, 0.1) is 17.5 Å². The largest absolute Gasteiger partial charge is 0.335 e. The van der Waals surface area contributed by atoms with Crippen LogP contribution < -0.4 is 0 Å². The van der Waals surface area contributed by atoms with Gasteiger partial charge in [-0.2, -0.15) is 4.31 Å². The molecule has 1 aliphatic heterocycles. The number of hydrogen-bond donors (Lipinski definition) is 0. The monoisotopic (exact) mass is 373 g/mol. The number of sulfonamides is 1. The van der Waals surface area contributed by atoms with Crippen molar-refractivity contribution < 1.29 is 21.6 Å². The molecule has 0 spiro atoms. The lowest BCUT2D eigenvalue weighted by atomic mass is 10.2. The van der Waals surface area contributed by atoms with Crippen molar-refractivity contribution in [2.45, 2.75) is 37.6 Å². The molecule has 1 aliphatic rings. The quantitative estimate of drug-likeness (QED) is 0.778. The van der Waals surface area contributed by atoms with Gasteiger partial charge < -0.3 is 4.57 Å². The third-order valence-corrected chi connectivity index (χ3v) is 6.22. The Labute approximate surface area is 144 Å². The molecule has 2 heterocycles. The first-order chi connectivity index (χ1) is 11.6. The van der Waals surface area contributed by atoms with Gasteiger partial charge in [0.15, 0.2) is 11.6 Å². The predicted molar refractivity (Wildman–Crippen MR) is 84.9 cm³/mol. The van der Waals surface area contributed by atoms with E-state index in [1.807, 2.05) is 25.5 Å². The van der Waals surface area contributed by atoms with Crippen LogP contribution in [0.15, 0.2) is 17.0 Å². The van der Waals surface area contributed by atoms with E-state index < -0.39 is 32.4 Å². The zero-order valence-electron chi connectivity index (χ0n) is 14.1. The van der Waals surface area contributed by atoms with Crippen LogP contribution in [-0.4, -0.2) is 28.8 Å². The van der Waals surface area contributed by atoms with E-state index in [0.717, 1.165) is 15.8 Å². The third-order valence-electron chi connectivity index (χ3n) is 4.36. The van der Waals surface area contributed by atoms with E-state index in [-0.39, 0.29) is 25.1 Å². The number of nitrogens with zero attached hydrogens (tertiary/aromatic N) is 3. The maximum absolute atomic E-state index is 13.9. The Kier molecular flexibility index (Phi) is 4.40. The van der Waals surface area contributed by atoms with E-state index in [4.69, 9.17) is 0 Å². The van der Waals surface area contributed by atoms with Crippen molar-refractivity contribution in [1.82, 2.24) is 13.9 Å². The third kappa shape index (κ3) is 2.95. The highest BCUT2D eigenvalue weighted by molar-refractivity contribution is 7.89. The lowest BCUT2D eigenvalue weighted by molar-refractivity contribution is 0.378. The molecule has 0 N–H and O–H groups in total. The molecule has 0 bridgehead atoms. The lowest BCUT2D eigenvalue weighted by Gasteiger charge is -2.26. The summed E-state index contributed by atoms with van der Waals surface area (Å²) in [6.45, 7) is 4.05. The maximum atomic E-state index is 13.9. The Morgan fingerprint density at radius 2 is 1.76 bits per heavy atom. The van der Waals surface area contributed by atoms with Gasteiger partial charge >= 0.3 is 0 Å². The number of fused-ring (bicyclic) bond motifs is 1. The van der Waals surface area contributed by atoms with Gasteiger partial charge in [-0.05, 0) is 6.07 Å². The molecule has 25 heavy (non-hydrogen) atoms. The van der Waals surface area contributed by atoms with Crippen LogP contribution in [0.1, 0.15) is 37.0 Å². The van der Waals surface area contributed by atoms with Gasteiger partial charge in [-0.3, -0.25) is 0 Å². The predicted octanol–water partition coefficient (Wildman–Crippen LogP) is 2.71. The van der Waals surface area contributed by atoms with Crippen molar-refractivity contribution in [2.24, 2.45) is 7.05 Å². The van der Waals surface area contributed by atoms with Crippen molar-refractivity contribution in [1.29, 1.82) is 0 Å². The summed E-state index contributed by atoms with van der Waals surface area (Å²) in [7, 11) is -2.42. The van der Waals surface area contributed by atoms with Gasteiger partial charge in [0, 0.05) is 37.7 Å². The Hall–Kier alpha value is -1.87. The molecule has 3 rings (SSSR count).